The number of carbonyl (C=O) groups excluding carboxylic acids is 1. The SMILES string of the molecule is Cc1ccc(Nc2ncc3ccn(-c4ccc(CC(C(=O)C(Cc5ccc(-n6ccc7cnc(Nc8ccc(C)c(C)c8)nc76)cc5)N5CCN(C)CC5)N5CCN(C)CC5)cc4)c3n2)cc1C. The number of hydrogen-bond acceptors (Lipinski definition) is 11. The molecule has 4 aromatic heterocycles. The molecule has 0 amide bonds. The van der Waals surface area contributed by atoms with Gasteiger partial charge in [0.2, 0.25) is 11.9 Å². The number of fused-ring (bicyclic) bond motifs is 2. The second-order valence-corrected chi connectivity index (χ2v) is 19.0. The van der Waals surface area contributed by atoms with Gasteiger partial charge in [-0.05, 0) is 149 Å². The molecule has 4 aromatic carbocycles. The quantitative estimate of drug-likeness (QED) is 0.110. The zero-order valence-corrected chi connectivity index (χ0v) is 40.2. The van der Waals surface area contributed by atoms with Crippen molar-refractivity contribution in [3.05, 3.63) is 155 Å². The van der Waals surface area contributed by atoms with E-state index in [9.17, 15) is 0 Å². The molecule has 2 saturated heterocycles. The number of rotatable bonds is 14. The number of carbonyl (C=O) groups is 1. The number of ketones is 1. The Bertz CT molecular complexity index is 2850. The zero-order valence-electron chi connectivity index (χ0n) is 40.2. The molecule has 0 radical (unpaired) electrons. The lowest BCUT2D eigenvalue weighted by Gasteiger charge is -2.42. The van der Waals surface area contributed by atoms with E-state index in [1.165, 1.54) is 22.3 Å². The van der Waals surface area contributed by atoms with Gasteiger partial charge in [-0.3, -0.25) is 14.6 Å². The lowest BCUT2D eigenvalue weighted by Crippen LogP contribution is -2.59. The summed E-state index contributed by atoms with van der Waals surface area (Å²) in [6.45, 7) is 15.6. The van der Waals surface area contributed by atoms with Crippen LogP contribution < -0.4 is 10.6 Å². The van der Waals surface area contributed by atoms with Crippen LogP contribution in [0, 0.1) is 27.7 Å². The Morgan fingerprint density at radius 1 is 0.515 bits per heavy atom. The van der Waals surface area contributed by atoms with E-state index >= 15 is 4.79 Å². The fraction of sp³-hybridized carbons (Fsp3) is 0.327. The van der Waals surface area contributed by atoms with Gasteiger partial charge < -0.3 is 29.6 Å². The first-order chi connectivity index (χ1) is 33.0. The van der Waals surface area contributed by atoms with Gasteiger partial charge in [-0.2, -0.15) is 9.97 Å². The molecule has 10 rings (SSSR count). The highest BCUT2D eigenvalue weighted by atomic mass is 16.1. The van der Waals surface area contributed by atoms with Gasteiger partial charge in [0.25, 0.3) is 0 Å². The first kappa shape index (κ1) is 45.0. The maximum Gasteiger partial charge on any atom is 0.229 e. The van der Waals surface area contributed by atoms with Gasteiger partial charge >= 0.3 is 0 Å². The summed E-state index contributed by atoms with van der Waals surface area (Å²) in [5.74, 6) is 1.41. The summed E-state index contributed by atoms with van der Waals surface area (Å²) in [7, 11) is 4.35. The molecule has 2 atom stereocenters. The van der Waals surface area contributed by atoms with Crippen molar-refractivity contribution in [1.82, 2.24) is 48.7 Å². The molecule has 13 heteroatoms. The van der Waals surface area contributed by atoms with E-state index in [1.54, 1.807) is 0 Å². The summed E-state index contributed by atoms with van der Waals surface area (Å²) in [6.07, 6.45) is 9.13. The number of piperazine rings is 2. The molecule has 13 nitrogen and oxygen atoms in total. The molecular weight excluding hydrogens is 845 g/mol. The van der Waals surface area contributed by atoms with Gasteiger partial charge in [-0.15, -0.1) is 0 Å². The molecule has 6 heterocycles. The van der Waals surface area contributed by atoms with Crippen LogP contribution in [-0.4, -0.2) is 133 Å². The molecule has 2 unspecified atom stereocenters. The van der Waals surface area contributed by atoms with Gasteiger partial charge in [-0.1, -0.05) is 36.4 Å². The maximum atomic E-state index is 15.5. The largest absolute Gasteiger partial charge is 0.324 e. The Hall–Kier alpha value is -6.77. The lowest BCUT2D eigenvalue weighted by molar-refractivity contribution is -0.131. The van der Waals surface area contributed by atoms with E-state index in [1.807, 2.05) is 12.4 Å². The smallest absolute Gasteiger partial charge is 0.229 e. The zero-order chi connectivity index (χ0) is 46.9. The van der Waals surface area contributed by atoms with Crippen LogP contribution in [0.1, 0.15) is 33.4 Å². The van der Waals surface area contributed by atoms with Crippen LogP contribution in [-0.2, 0) is 17.6 Å². The highest BCUT2D eigenvalue weighted by molar-refractivity contribution is 5.90. The predicted octanol–water partition coefficient (Wildman–Crippen LogP) is 8.46. The number of nitrogens with zero attached hydrogens (tertiary/aromatic N) is 10. The van der Waals surface area contributed by atoms with Crippen molar-refractivity contribution in [2.75, 3.05) is 77.1 Å². The molecular formula is C55H62N12O. The fourth-order valence-electron chi connectivity index (χ4n) is 9.61. The van der Waals surface area contributed by atoms with Crippen LogP contribution in [0.2, 0.25) is 0 Å². The average molecular weight is 907 g/mol. The first-order valence-electron chi connectivity index (χ1n) is 24.0. The number of benzene rings is 4. The van der Waals surface area contributed by atoms with E-state index in [2.05, 4.69) is 201 Å². The molecule has 2 N–H and O–H groups in total. The summed E-state index contributed by atoms with van der Waals surface area (Å²) < 4.78 is 4.22. The van der Waals surface area contributed by atoms with E-state index in [-0.39, 0.29) is 12.1 Å². The van der Waals surface area contributed by atoms with E-state index in [4.69, 9.17) is 9.97 Å². The third-order valence-electron chi connectivity index (χ3n) is 14.3. The Kier molecular flexibility index (Phi) is 12.9. The topological polar surface area (TPSA) is 116 Å². The van der Waals surface area contributed by atoms with Crippen molar-refractivity contribution in [2.24, 2.45) is 0 Å². The van der Waals surface area contributed by atoms with Crippen molar-refractivity contribution in [3.8, 4) is 11.4 Å². The standard InChI is InChI=1S/C55H62N12O/c1-37-7-13-45(31-39(37)3)58-54-56-35-43-19-21-66(52(43)60-54)47-15-9-41(10-16-47)33-49(64-27-23-62(5)24-28-64)51(68)50(65-29-25-63(6)26-30-65)34-42-11-17-48(18-12-42)67-22-20-44-36-57-55(61-53(44)67)59-46-14-8-38(2)40(4)32-46/h7-22,31-32,35-36,49-50H,23-30,33-34H2,1-6H3,(H,56,58,60)(H,57,59,61). The van der Waals surface area contributed by atoms with Crippen LogP contribution >= 0.6 is 0 Å². The molecule has 2 aliphatic rings. The predicted molar refractivity (Wildman–Crippen MR) is 274 cm³/mol. The molecule has 68 heavy (non-hydrogen) atoms. The first-order valence-corrected chi connectivity index (χ1v) is 24.0. The van der Waals surface area contributed by atoms with Crippen molar-refractivity contribution >= 4 is 51.1 Å². The monoisotopic (exact) mass is 907 g/mol. The molecule has 348 valence electrons. The number of aryl methyl sites for hydroxylation is 4. The highest BCUT2D eigenvalue weighted by Gasteiger charge is 2.37. The van der Waals surface area contributed by atoms with E-state index in [0.29, 0.717) is 30.5 Å². The average Bonchev–Trinajstić information content (AvgIpc) is 3.97. The third kappa shape index (κ3) is 9.79. The summed E-state index contributed by atoms with van der Waals surface area (Å²) in [6, 6.07) is 33.5. The van der Waals surface area contributed by atoms with Crippen molar-refractivity contribution in [2.45, 2.75) is 52.6 Å². The number of likely N-dealkylation sites (N-methyl/N-ethyl adjacent to an activating group) is 2. The van der Waals surface area contributed by atoms with Crippen LogP contribution in [0.4, 0.5) is 23.3 Å². The number of Topliss-reactive ketones (excluding diaryl/α,β-unsaturated/α-hetero) is 1. The van der Waals surface area contributed by atoms with E-state index in [0.717, 1.165) is 108 Å². The number of nitrogens with one attached hydrogen (secondary N) is 2. The molecule has 0 saturated carbocycles. The molecule has 0 aliphatic carbocycles. The van der Waals surface area contributed by atoms with Gasteiger partial charge in [0, 0.05) is 111 Å². The fourth-order valence-corrected chi connectivity index (χ4v) is 9.61. The Morgan fingerprint density at radius 2 is 0.912 bits per heavy atom. The summed E-state index contributed by atoms with van der Waals surface area (Å²) >= 11 is 0. The van der Waals surface area contributed by atoms with Crippen LogP contribution in [0.5, 0.6) is 0 Å². The normalized spacial score (nSPS) is 16.3. The molecule has 2 aliphatic heterocycles. The molecule has 2 fully saturated rings. The summed E-state index contributed by atoms with van der Waals surface area (Å²) in [4.78, 5) is 44.2. The molecule has 8 aromatic rings. The second kappa shape index (κ2) is 19.4. The minimum absolute atomic E-state index is 0.254. The lowest BCUT2D eigenvalue weighted by atomic mass is 9.91. The van der Waals surface area contributed by atoms with Gasteiger partial charge in [0.1, 0.15) is 11.3 Å². The van der Waals surface area contributed by atoms with Gasteiger partial charge in [-0.25, -0.2) is 9.97 Å². The molecule has 0 spiro atoms. The van der Waals surface area contributed by atoms with Crippen molar-refractivity contribution in [3.63, 3.8) is 0 Å². The second-order valence-electron chi connectivity index (χ2n) is 19.0. The minimum atomic E-state index is -0.254. The van der Waals surface area contributed by atoms with Crippen LogP contribution in [0.25, 0.3) is 33.4 Å². The maximum absolute atomic E-state index is 15.5. The van der Waals surface area contributed by atoms with Crippen LogP contribution in [0.3, 0.4) is 0 Å². The highest BCUT2D eigenvalue weighted by Crippen LogP contribution is 2.27. The summed E-state index contributed by atoms with van der Waals surface area (Å²) in [5, 5.41) is 8.72. The number of anilines is 4. The Morgan fingerprint density at radius 3 is 1.29 bits per heavy atom. The van der Waals surface area contributed by atoms with Crippen molar-refractivity contribution < 1.29 is 4.79 Å². The minimum Gasteiger partial charge on any atom is -0.324 e. The van der Waals surface area contributed by atoms with Crippen LogP contribution in [0.15, 0.2) is 122 Å². The third-order valence-corrected chi connectivity index (χ3v) is 14.3. The number of hydrogen-bond donors (Lipinski definition) is 2. The van der Waals surface area contributed by atoms with Crippen molar-refractivity contribution in [1.29, 1.82) is 0 Å². The molecule has 0 bridgehead atoms. The Labute approximate surface area is 399 Å². The van der Waals surface area contributed by atoms with Gasteiger partial charge in [0.05, 0.1) is 12.1 Å². The van der Waals surface area contributed by atoms with E-state index < -0.39 is 0 Å². The number of aromatic nitrogens is 6. The summed E-state index contributed by atoms with van der Waals surface area (Å²) in [5.41, 5.74) is 12.8. The van der Waals surface area contributed by atoms with Gasteiger partial charge in [0.15, 0.2) is 5.78 Å². The Balaban J connectivity index is 0.893.